The second-order valence-corrected chi connectivity index (χ2v) is 5.04. The first-order chi connectivity index (χ1) is 7.66. The lowest BCUT2D eigenvalue weighted by molar-refractivity contribution is -0.157. The Balaban J connectivity index is 4.57. The first kappa shape index (κ1) is 16.0. The van der Waals surface area contributed by atoms with Crippen molar-refractivity contribution in [3.8, 4) is 0 Å². The summed E-state index contributed by atoms with van der Waals surface area (Å²) < 4.78 is 5.24. The van der Waals surface area contributed by atoms with Gasteiger partial charge in [0.05, 0.1) is 12.0 Å². The molecule has 16 heavy (non-hydrogen) atoms. The van der Waals surface area contributed by atoms with Crippen LogP contribution in [0.25, 0.3) is 0 Å². The van der Waals surface area contributed by atoms with E-state index < -0.39 is 0 Å². The van der Waals surface area contributed by atoms with Gasteiger partial charge in [0.15, 0.2) is 0 Å². The van der Waals surface area contributed by atoms with Crippen molar-refractivity contribution in [2.24, 2.45) is 5.41 Å². The summed E-state index contributed by atoms with van der Waals surface area (Å²) in [7, 11) is 0. The third kappa shape index (κ3) is 4.86. The van der Waals surface area contributed by atoms with Crippen LogP contribution in [0.4, 0.5) is 0 Å². The topological polar surface area (TPSA) is 26.3 Å². The highest BCUT2D eigenvalue weighted by Gasteiger charge is 2.36. The molecule has 96 valence electrons. The number of unbranched alkanes of at least 4 members (excludes halogenated alkanes) is 1. The molecule has 1 unspecified atom stereocenters. The lowest BCUT2D eigenvalue weighted by Crippen LogP contribution is -2.32. The summed E-state index contributed by atoms with van der Waals surface area (Å²) in [6.07, 6.45) is 6.07. The Labute approximate surface area is 108 Å². The van der Waals surface area contributed by atoms with E-state index in [1.54, 1.807) is 0 Å². The fraction of sp³-hybridized carbons (Fsp3) is 0.923. The van der Waals surface area contributed by atoms with Gasteiger partial charge < -0.3 is 4.74 Å². The van der Waals surface area contributed by atoms with Crippen LogP contribution in [0.1, 0.15) is 59.3 Å². The molecule has 0 aliphatic rings. The van der Waals surface area contributed by atoms with Crippen LogP contribution < -0.4 is 0 Å². The van der Waals surface area contributed by atoms with Gasteiger partial charge in [0.2, 0.25) is 0 Å². The Morgan fingerprint density at radius 2 is 1.81 bits per heavy atom. The number of hydrogen-bond acceptors (Lipinski definition) is 2. The lowest BCUT2D eigenvalue weighted by Gasteiger charge is -2.30. The molecule has 0 amide bonds. The molecule has 0 saturated heterocycles. The minimum Gasteiger partial charge on any atom is -0.466 e. The van der Waals surface area contributed by atoms with Gasteiger partial charge in [-0.05, 0) is 32.6 Å². The minimum atomic E-state index is -0.236. The van der Waals surface area contributed by atoms with Gasteiger partial charge in [0.25, 0.3) is 0 Å². The molecule has 0 spiro atoms. The number of rotatable bonds is 9. The zero-order valence-electron chi connectivity index (χ0n) is 10.9. The van der Waals surface area contributed by atoms with Crippen LogP contribution in [0.3, 0.4) is 0 Å². The summed E-state index contributed by atoms with van der Waals surface area (Å²) in [5.41, 5.74) is -0.236. The van der Waals surface area contributed by atoms with Gasteiger partial charge in [0, 0.05) is 5.33 Å². The van der Waals surface area contributed by atoms with E-state index in [9.17, 15) is 4.79 Å². The lowest BCUT2D eigenvalue weighted by atomic mass is 9.76. The van der Waals surface area contributed by atoms with Crippen molar-refractivity contribution in [3.05, 3.63) is 0 Å². The molecule has 0 aromatic rings. The number of esters is 1. The van der Waals surface area contributed by atoms with Gasteiger partial charge in [-0.1, -0.05) is 42.6 Å². The second-order valence-electron chi connectivity index (χ2n) is 4.25. The van der Waals surface area contributed by atoms with E-state index in [4.69, 9.17) is 4.74 Å². The Hall–Kier alpha value is -0.0500. The number of halogens is 1. The summed E-state index contributed by atoms with van der Waals surface area (Å²) >= 11 is 3.44. The molecule has 3 heteroatoms. The van der Waals surface area contributed by atoms with Gasteiger partial charge in [-0.3, -0.25) is 4.79 Å². The number of carbonyl (C=O) groups excluding carboxylic acids is 1. The SMILES string of the molecule is CCCCC(CC)(CCCBr)C(=O)OCC. The molecule has 0 rings (SSSR count). The highest BCUT2D eigenvalue weighted by Crippen LogP contribution is 2.35. The summed E-state index contributed by atoms with van der Waals surface area (Å²) in [6.45, 7) is 6.63. The van der Waals surface area contributed by atoms with Crippen LogP contribution in [0.15, 0.2) is 0 Å². The number of hydrogen-bond donors (Lipinski definition) is 0. The third-order valence-corrected chi connectivity index (χ3v) is 3.74. The maximum Gasteiger partial charge on any atom is 0.312 e. The smallest absolute Gasteiger partial charge is 0.312 e. The van der Waals surface area contributed by atoms with Crippen LogP contribution in [0, 0.1) is 5.41 Å². The molecule has 0 aromatic heterocycles. The molecule has 0 fully saturated rings. The van der Waals surface area contributed by atoms with Gasteiger partial charge in [0.1, 0.15) is 0 Å². The van der Waals surface area contributed by atoms with E-state index in [1.807, 2.05) is 6.92 Å². The van der Waals surface area contributed by atoms with Gasteiger partial charge in [-0.2, -0.15) is 0 Å². The van der Waals surface area contributed by atoms with Crippen molar-refractivity contribution in [2.45, 2.75) is 59.3 Å². The number of alkyl halides is 1. The molecule has 1 atom stereocenters. The van der Waals surface area contributed by atoms with Crippen molar-refractivity contribution in [2.75, 3.05) is 11.9 Å². The van der Waals surface area contributed by atoms with Crippen molar-refractivity contribution in [3.63, 3.8) is 0 Å². The highest BCUT2D eigenvalue weighted by atomic mass is 79.9. The number of carbonyl (C=O) groups is 1. The van der Waals surface area contributed by atoms with Gasteiger partial charge in [-0.25, -0.2) is 0 Å². The average Bonchev–Trinajstić information content (AvgIpc) is 2.30. The largest absolute Gasteiger partial charge is 0.466 e. The van der Waals surface area contributed by atoms with Crippen molar-refractivity contribution in [1.82, 2.24) is 0 Å². The molecule has 0 aromatic carbocycles. The van der Waals surface area contributed by atoms with Crippen molar-refractivity contribution < 1.29 is 9.53 Å². The van der Waals surface area contributed by atoms with Crippen LogP contribution in [0.2, 0.25) is 0 Å². The quantitative estimate of drug-likeness (QED) is 0.467. The molecule has 0 N–H and O–H groups in total. The van der Waals surface area contributed by atoms with E-state index >= 15 is 0 Å². The van der Waals surface area contributed by atoms with Crippen molar-refractivity contribution in [1.29, 1.82) is 0 Å². The molecule has 0 aliphatic heterocycles. The molecule has 2 nitrogen and oxygen atoms in total. The zero-order chi connectivity index (χ0) is 12.4. The molecule has 0 radical (unpaired) electrons. The monoisotopic (exact) mass is 292 g/mol. The van der Waals surface area contributed by atoms with Gasteiger partial charge >= 0.3 is 5.97 Å². The molecule has 0 saturated carbocycles. The minimum absolute atomic E-state index is 0.00639. The highest BCUT2D eigenvalue weighted by molar-refractivity contribution is 9.09. The van der Waals surface area contributed by atoms with E-state index in [-0.39, 0.29) is 11.4 Å². The van der Waals surface area contributed by atoms with Crippen LogP contribution >= 0.6 is 15.9 Å². The number of ether oxygens (including phenoxy) is 1. The van der Waals surface area contributed by atoms with E-state index in [0.29, 0.717) is 6.61 Å². The fourth-order valence-corrected chi connectivity index (χ4v) is 2.31. The molecular weight excluding hydrogens is 268 g/mol. The first-order valence-electron chi connectivity index (χ1n) is 6.40. The standard InChI is InChI=1S/C13H25BrO2/c1-4-7-9-13(5-2,10-8-11-14)12(15)16-6-3/h4-11H2,1-3H3. The normalized spacial score (nSPS) is 14.5. The maximum atomic E-state index is 12.1. The van der Waals surface area contributed by atoms with E-state index in [0.717, 1.165) is 43.9 Å². The average molecular weight is 293 g/mol. The second kappa shape index (κ2) is 9.03. The summed E-state index contributed by atoms with van der Waals surface area (Å²) in [5, 5.41) is 0.959. The third-order valence-electron chi connectivity index (χ3n) is 3.18. The Kier molecular flexibility index (Phi) is 9.00. The zero-order valence-corrected chi connectivity index (χ0v) is 12.4. The first-order valence-corrected chi connectivity index (χ1v) is 7.52. The predicted molar refractivity (Wildman–Crippen MR) is 71.9 cm³/mol. The molecule has 0 heterocycles. The van der Waals surface area contributed by atoms with Crippen LogP contribution in [0.5, 0.6) is 0 Å². The summed E-state index contributed by atoms with van der Waals surface area (Å²) in [4.78, 5) is 12.1. The summed E-state index contributed by atoms with van der Waals surface area (Å²) in [6, 6.07) is 0. The van der Waals surface area contributed by atoms with E-state index in [2.05, 4.69) is 29.8 Å². The summed E-state index contributed by atoms with van der Waals surface area (Å²) in [5.74, 6) is 0.00639. The maximum absolute atomic E-state index is 12.1. The Morgan fingerprint density at radius 1 is 1.19 bits per heavy atom. The van der Waals surface area contributed by atoms with Gasteiger partial charge in [-0.15, -0.1) is 0 Å². The fourth-order valence-electron chi connectivity index (χ4n) is 2.03. The van der Waals surface area contributed by atoms with Crippen LogP contribution in [-0.2, 0) is 9.53 Å². The van der Waals surface area contributed by atoms with E-state index in [1.165, 1.54) is 0 Å². The van der Waals surface area contributed by atoms with Crippen molar-refractivity contribution >= 4 is 21.9 Å². The predicted octanol–water partition coefficient (Wildman–Crippen LogP) is 4.31. The molecule has 0 bridgehead atoms. The molecular formula is C13H25BrO2. The van der Waals surface area contributed by atoms with Crippen LogP contribution in [-0.4, -0.2) is 17.9 Å². The molecule has 0 aliphatic carbocycles. The Morgan fingerprint density at radius 3 is 2.25 bits per heavy atom. The Bertz CT molecular complexity index is 184.